The van der Waals surface area contributed by atoms with Gasteiger partial charge in [-0.3, -0.25) is 14.5 Å². The van der Waals surface area contributed by atoms with Gasteiger partial charge in [-0.25, -0.2) is 4.39 Å². The monoisotopic (exact) mass is 429 g/mol. The Morgan fingerprint density at radius 1 is 1.06 bits per heavy atom. The second-order valence-corrected chi connectivity index (χ2v) is 9.68. The fourth-order valence-electron chi connectivity index (χ4n) is 6.19. The molecule has 6 nitrogen and oxygen atoms in total. The summed E-state index contributed by atoms with van der Waals surface area (Å²) in [6.07, 6.45) is 6.20. The summed E-state index contributed by atoms with van der Waals surface area (Å²) in [5, 5.41) is 0. The number of fused-ring (bicyclic) bond motifs is 4. The lowest BCUT2D eigenvalue weighted by Crippen LogP contribution is -2.62. The van der Waals surface area contributed by atoms with Gasteiger partial charge in [-0.2, -0.15) is 0 Å². The van der Waals surface area contributed by atoms with Gasteiger partial charge in [0.05, 0.1) is 0 Å². The number of amides is 2. The molecule has 0 saturated carbocycles. The van der Waals surface area contributed by atoms with Crippen molar-refractivity contribution in [3.8, 4) is 5.75 Å². The van der Waals surface area contributed by atoms with Crippen molar-refractivity contribution in [3.05, 3.63) is 30.1 Å². The summed E-state index contributed by atoms with van der Waals surface area (Å²) >= 11 is 0. The lowest BCUT2D eigenvalue weighted by atomic mass is 9.75. The van der Waals surface area contributed by atoms with Crippen molar-refractivity contribution in [1.29, 1.82) is 0 Å². The zero-order chi connectivity index (χ0) is 21.4. The largest absolute Gasteiger partial charge is 0.484 e. The van der Waals surface area contributed by atoms with Crippen molar-refractivity contribution in [1.82, 2.24) is 14.7 Å². The van der Waals surface area contributed by atoms with Crippen molar-refractivity contribution >= 4 is 11.8 Å². The van der Waals surface area contributed by atoms with E-state index >= 15 is 0 Å². The summed E-state index contributed by atoms with van der Waals surface area (Å²) in [5.41, 5.74) is 0. The standard InChI is InChI=1S/C24H32FN3O3/c25-19-4-6-21(7-5-19)31-16-24(30)26-10-8-20(9-11-26)27-13-17-12-18(15-27)22-2-1-3-23(29)28(22)14-17/h4-7,17-18,20,22H,1-3,8-16H2/t17?,18?,22-/m1/s1. The minimum absolute atomic E-state index is 0.00426. The molecule has 31 heavy (non-hydrogen) atoms. The molecule has 4 aliphatic heterocycles. The molecule has 5 rings (SSSR count). The number of piperidine rings is 4. The smallest absolute Gasteiger partial charge is 0.260 e. The number of carbonyl (C=O) groups is 2. The van der Waals surface area contributed by atoms with Gasteiger partial charge < -0.3 is 14.5 Å². The second kappa shape index (κ2) is 8.77. The molecule has 0 aliphatic carbocycles. The molecular formula is C24H32FN3O3. The molecular weight excluding hydrogens is 397 g/mol. The van der Waals surface area contributed by atoms with Gasteiger partial charge in [0.1, 0.15) is 11.6 Å². The highest BCUT2D eigenvalue weighted by atomic mass is 19.1. The Morgan fingerprint density at radius 2 is 1.84 bits per heavy atom. The maximum Gasteiger partial charge on any atom is 0.260 e. The summed E-state index contributed by atoms with van der Waals surface area (Å²) in [7, 11) is 0. The van der Waals surface area contributed by atoms with Crippen LogP contribution in [0.5, 0.6) is 5.75 Å². The first-order chi connectivity index (χ1) is 15.1. The Kier molecular flexibility index (Phi) is 5.87. The Bertz CT molecular complexity index is 809. The van der Waals surface area contributed by atoms with Crippen LogP contribution in [0.3, 0.4) is 0 Å². The zero-order valence-corrected chi connectivity index (χ0v) is 18.0. The molecule has 0 spiro atoms. The Balaban J connectivity index is 1.11. The minimum Gasteiger partial charge on any atom is -0.484 e. The minimum atomic E-state index is -0.314. The fraction of sp³-hybridized carbons (Fsp3) is 0.667. The lowest BCUT2D eigenvalue weighted by Gasteiger charge is -2.54. The number of benzene rings is 1. The van der Waals surface area contributed by atoms with Crippen molar-refractivity contribution in [2.75, 3.05) is 39.3 Å². The number of hydrogen-bond acceptors (Lipinski definition) is 4. The second-order valence-electron chi connectivity index (χ2n) is 9.68. The Morgan fingerprint density at radius 3 is 2.61 bits per heavy atom. The van der Waals surface area contributed by atoms with Crippen molar-refractivity contribution in [2.45, 2.75) is 50.6 Å². The van der Waals surface area contributed by atoms with Gasteiger partial charge in [-0.05, 0) is 68.2 Å². The van der Waals surface area contributed by atoms with Crippen LogP contribution >= 0.6 is 0 Å². The summed E-state index contributed by atoms with van der Waals surface area (Å²) in [5.74, 6) is 1.77. The van der Waals surface area contributed by atoms with E-state index in [1.54, 1.807) is 12.1 Å². The predicted octanol–water partition coefficient (Wildman–Crippen LogP) is 2.53. The third kappa shape index (κ3) is 4.43. The van der Waals surface area contributed by atoms with Crippen LogP contribution in [0.15, 0.2) is 24.3 Å². The zero-order valence-electron chi connectivity index (χ0n) is 18.0. The molecule has 4 fully saturated rings. The van der Waals surface area contributed by atoms with Gasteiger partial charge in [0, 0.05) is 51.2 Å². The van der Waals surface area contributed by atoms with Crippen LogP contribution < -0.4 is 4.74 Å². The normalized spacial score (nSPS) is 29.6. The third-order valence-corrected chi connectivity index (χ3v) is 7.72. The van der Waals surface area contributed by atoms with E-state index < -0.39 is 0 Å². The van der Waals surface area contributed by atoms with E-state index in [0.717, 1.165) is 64.8 Å². The molecule has 0 radical (unpaired) electrons. The van der Waals surface area contributed by atoms with Crippen LogP contribution in [0.25, 0.3) is 0 Å². The average molecular weight is 430 g/mol. The number of nitrogens with zero attached hydrogens (tertiary/aromatic N) is 3. The van der Waals surface area contributed by atoms with Crippen LogP contribution in [-0.4, -0.2) is 77.9 Å². The summed E-state index contributed by atoms with van der Waals surface area (Å²) < 4.78 is 18.5. The van der Waals surface area contributed by atoms with Gasteiger partial charge in [0.25, 0.3) is 5.91 Å². The lowest BCUT2D eigenvalue weighted by molar-refractivity contribution is -0.146. The van der Waals surface area contributed by atoms with E-state index in [1.807, 2.05) is 4.90 Å². The number of ether oxygens (including phenoxy) is 1. The molecule has 1 aromatic carbocycles. The summed E-state index contributed by atoms with van der Waals surface area (Å²) in [6.45, 7) is 4.63. The van der Waals surface area contributed by atoms with Crippen LogP contribution in [0, 0.1) is 17.7 Å². The van der Waals surface area contributed by atoms with E-state index in [9.17, 15) is 14.0 Å². The molecule has 168 valence electrons. The molecule has 2 unspecified atom stereocenters. The van der Waals surface area contributed by atoms with E-state index in [0.29, 0.717) is 35.6 Å². The number of carbonyl (C=O) groups excluding carboxylic acids is 2. The van der Waals surface area contributed by atoms with Gasteiger partial charge in [-0.1, -0.05) is 0 Å². The number of likely N-dealkylation sites (tertiary alicyclic amines) is 2. The van der Waals surface area contributed by atoms with Crippen LogP contribution in [0.4, 0.5) is 4.39 Å². The van der Waals surface area contributed by atoms with Crippen molar-refractivity contribution < 1.29 is 18.7 Å². The molecule has 7 heteroatoms. The quantitative estimate of drug-likeness (QED) is 0.738. The van der Waals surface area contributed by atoms with Gasteiger partial charge >= 0.3 is 0 Å². The van der Waals surface area contributed by atoms with Gasteiger partial charge in [0.2, 0.25) is 5.91 Å². The van der Waals surface area contributed by atoms with Crippen LogP contribution in [0.1, 0.15) is 38.5 Å². The first kappa shape index (κ1) is 20.7. The van der Waals surface area contributed by atoms with Crippen LogP contribution in [-0.2, 0) is 9.59 Å². The molecule has 3 atom stereocenters. The topological polar surface area (TPSA) is 53.1 Å². The van der Waals surface area contributed by atoms with E-state index in [-0.39, 0.29) is 18.3 Å². The summed E-state index contributed by atoms with van der Waals surface area (Å²) in [6, 6.07) is 6.74. The average Bonchev–Trinajstić information content (AvgIpc) is 2.79. The van der Waals surface area contributed by atoms with Gasteiger partial charge in [-0.15, -0.1) is 0 Å². The van der Waals surface area contributed by atoms with E-state index in [4.69, 9.17) is 4.74 Å². The number of halogens is 1. The number of hydrogen-bond donors (Lipinski definition) is 0. The highest BCUT2D eigenvalue weighted by Crippen LogP contribution is 2.39. The Hall–Kier alpha value is -2.15. The Labute approximate surface area is 183 Å². The first-order valence-electron chi connectivity index (χ1n) is 11.8. The summed E-state index contributed by atoms with van der Waals surface area (Å²) in [4.78, 5) is 31.6. The third-order valence-electron chi connectivity index (χ3n) is 7.72. The maximum absolute atomic E-state index is 13.0. The molecule has 4 heterocycles. The number of rotatable bonds is 4. The highest BCUT2D eigenvalue weighted by molar-refractivity contribution is 5.78. The van der Waals surface area contributed by atoms with Crippen LogP contribution in [0.2, 0.25) is 0 Å². The maximum atomic E-state index is 13.0. The molecule has 4 aliphatic rings. The van der Waals surface area contributed by atoms with E-state index in [1.165, 1.54) is 18.6 Å². The first-order valence-corrected chi connectivity index (χ1v) is 11.8. The molecule has 4 saturated heterocycles. The molecule has 1 aromatic rings. The fourth-order valence-corrected chi connectivity index (χ4v) is 6.19. The predicted molar refractivity (Wildman–Crippen MR) is 114 cm³/mol. The van der Waals surface area contributed by atoms with Crippen molar-refractivity contribution in [3.63, 3.8) is 0 Å². The molecule has 0 aromatic heterocycles. The molecule has 2 amide bonds. The van der Waals surface area contributed by atoms with Crippen molar-refractivity contribution in [2.24, 2.45) is 11.8 Å². The van der Waals surface area contributed by atoms with E-state index in [2.05, 4.69) is 9.80 Å². The molecule has 2 bridgehead atoms. The highest BCUT2D eigenvalue weighted by Gasteiger charge is 2.45. The van der Waals surface area contributed by atoms with Gasteiger partial charge in [0.15, 0.2) is 6.61 Å². The SMILES string of the molecule is O=C(COc1ccc(F)cc1)N1CCC(N2CC3CC(C2)[C@H]2CCCC(=O)N2C3)CC1. The molecule has 0 N–H and O–H groups in total.